The van der Waals surface area contributed by atoms with Gasteiger partial charge in [0, 0.05) is 31.8 Å². The number of aromatic amines is 1. The number of rotatable bonds is 4. The summed E-state index contributed by atoms with van der Waals surface area (Å²) < 4.78 is 36.1. The van der Waals surface area contributed by atoms with Gasteiger partial charge in [-0.2, -0.15) is 13.9 Å². The Balaban J connectivity index is 2.06. The van der Waals surface area contributed by atoms with E-state index in [1.807, 2.05) is 0 Å². The number of aromatic nitrogens is 6. The minimum absolute atomic E-state index is 0.143. The molecule has 0 saturated heterocycles. The third-order valence-corrected chi connectivity index (χ3v) is 4.62. The van der Waals surface area contributed by atoms with Crippen LogP contribution < -0.4 is 4.74 Å². The zero-order chi connectivity index (χ0) is 19.3. The molecular formula is C17H15ClF2N6O. The average Bonchev–Trinajstić information content (AvgIpc) is 3.33. The molecular weight excluding hydrogens is 378 g/mol. The third-order valence-electron chi connectivity index (χ3n) is 4.32. The molecule has 0 bridgehead atoms. The van der Waals surface area contributed by atoms with Crippen LogP contribution in [0.15, 0.2) is 30.9 Å². The summed E-state index contributed by atoms with van der Waals surface area (Å²) >= 11 is 6.28. The summed E-state index contributed by atoms with van der Waals surface area (Å²) in [6.07, 6.45) is 4.99. The molecule has 0 unspecified atom stereocenters. The summed E-state index contributed by atoms with van der Waals surface area (Å²) in [5.74, 6) is -2.99. The van der Waals surface area contributed by atoms with E-state index in [9.17, 15) is 8.78 Å². The SMILES string of the molecule is COc1cc2c(-n3ccnc3)c(-c3n[nH]c(C(C)(F)F)n3)n(C)c2cc1Cl. The van der Waals surface area contributed by atoms with Crippen molar-refractivity contribution in [2.24, 2.45) is 7.05 Å². The van der Waals surface area contributed by atoms with Crippen LogP contribution >= 0.6 is 11.6 Å². The Morgan fingerprint density at radius 3 is 2.67 bits per heavy atom. The maximum atomic E-state index is 13.6. The number of hydrogen-bond donors (Lipinski definition) is 1. The van der Waals surface area contributed by atoms with Gasteiger partial charge in [0.05, 0.1) is 29.7 Å². The van der Waals surface area contributed by atoms with E-state index in [1.165, 1.54) is 7.11 Å². The van der Waals surface area contributed by atoms with E-state index in [2.05, 4.69) is 20.2 Å². The Hall–Kier alpha value is -2.94. The second-order valence-corrected chi connectivity index (χ2v) is 6.53. The van der Waals surface area contributed by atoms with Crippen LogP contribution in [-0.4, -0.2) is 36.4 Å². The Labute approximate surface area is 157 Å². The second kappa shape index (κ2) is 6.05. The van der Waals surface area contributed by atoms with Crippen LogP contribution in [0, 0.1) is 0 Å². The summed E-state index contributed by atoms with van der Waals surface area (Å²) in [7, 11) is 3.32. The predicted molar refractivity (Wildman–Crippen MR) is 96.5 cm³/mol. The molecule has 0 saturated carbocycles. The number of alkyl halides is 2. The summed E-state index contributed by atoms with van der Waals surface area (Å²) in [6.45, 7) is 0.764. The maximum Gasteiger partial charge on any atom is 0.303 e. The van der Waals surface area contributed by atoms with E-state index in [1.54, 1.807) is 47.0 Å². The second-order valence-electron chi connectivity index (χ2n) is 6.13. The van der Waals surface area contributed by atoms with Crippen molar-refractivity contribution in [3.05, 3.63) is 41.7 Å². The number of H-pyrrole nitrogens is 1. The molecule has 3 aromatic heterocycles. The number of ether oxygens (including phenoxy) is 1. The molecule has 0 aliphatic heterocycles. The highest BCUT2D eigenvalue weighted by Crippen LogP contribution is 2.39. The molecule has 0 radical (unpaired) electrons. The quantitative estimate of drug-likeness (QED) is 0.571. The zero-order valence-electron chi connectivity index (χ0n) is 14.7. The van der Waals surface area contributed by atoms with E-state index in [4.69, 9.17) is 16.3 Å². The lowest BCUT2D eigenvalue weighted by Gasteiger charge is -2.06. The first-order valence-corrected chi connectivity index (χ1v) is 8.34. The van der Waals surface area contributed by atoms with Gasteiger partial charge in [-0.3, -0.25) is 5.10 Å². The van der Waals surface area contributed by atoms with Gasteiger partial charge in [-0.1, -0.05) is 11.6 Å². The number of benzene rings is 1. The Morgan fingerprint density at radius 2 is 2.07 bits per heavy atom. The van der Waals surface area contributed by atoms with Crippen molar-refractivity contribution < 1.29 is 13.5 Å². The van der Waals surface area contributed by atoms with Gasteiger partial charge in [0.1, 0.15) is 11.4 Å². The number of nitrogens with zero attached hydrogens (tertiary/aromatic N) is 5. The van der Waals surface area contributed by atoms with Gasteiger partial charge in [0.15, 0.2) is 11.6 Å². The standard InChI is InChI=1S/C17H15ClF2N6O/c1-17(19,20)16-22-15(23-24-16)14-13(26-5-4-21-8-26)9-6-12(27-3)10(18)7-11(9)25(14)2/h4-8H,1-3H3,(H,22,23,24). The van der Waals surface area contributed by atoms with E-state index in [0.29, 0.717) is 22.2 Å². The number of halogens is 3. The van der Waals surface area contributed by atoms with E-state index in [-0.39, 0.29) is 5.82 Å². The van der Waals surface area contributed by atoms with E-state index in [0.717, 1.165) is 17.8 Å². The minimum Gasteiger partial charge on any atom is -0.495 e. The van der Waals surface area contributed by atoms with Gasteiger partial charge >= 0.3 is 5.92 Å². The van der Waals surface area contributed by atoms with Gasteiger partial charge in [-0.25, -0.2) is 9.97 Å². The van der Waals surface area contributed by atoms with Crippen molar-refractivity contribution in [2.45, 2.75) is 12.8 Å². The fraction of sp³-hybridized carbons (Fsp3) is 0.235. The van der Waals surface area contributed by atoms with Crippen molar-refractivity contribution in [3.8, 4) is 23.0 Å². The molecule has 0 fully saturated rings. The maximum absolute atomic E-state index is 13.6. The predicted octanol–water partition coefficient (Wildman–Crippen LogP) is 3.92. The van der Waals surface area contributed by atoms with E-state index >= 15 is 0 Å². The monoisotopic (exact) mass is 392 g/mol. The number of hydrogen-bond acceptors (Lipinski definition) is 4. The van der Waals surface area contributed by atoms with Crippen LogP contribution in [0.1, 0.15) is 12.7 Å². The highest BCUT2D eigenvalue weighted by Gasteiger charge is 2.31. The number of aryl methyl sites for hydroxylation is 1. The summed E-state index contributed by atoms with van der Waals surface area (Å²) in [5, 5.41) is 7.56. The molecule has 0 aliphatic rings. The lowest BCUT2D eigenvalue weighted by molar-refractivity contribution is 0.00813. The van der Waals surface area contributed by atoms with Gasteiger partial charge in [0.25, 0.3) is 0 Å². The van der Waals surface area contributed by atoms with Crippen molar-refractivity contribution in [1.29, 1.82) is 0 Å². The molecule has 27 heavy (non-hydrogen) atoms. The lowest BCUT2D eigenvalue weighted by Crippen LogP contribution is -2.09. The van der Waals surface area contributed by atoms with Crippen molar-refractivity contribution in [2.75, 3.05) is 7.11 Å². The Bertz CT molecular complexity index is 1130. The largest absolute Gasteiger partial charge is 0.495 e. The van der Waals surface area contributed by atoms with Crippen LogP contribution in [0.25, 0.3) is 28.1 Å². The fourth-order valence-electron chi connectivity index (χ4n) is 3.05. The first-order valence-electron chi connectivity index (χ1n) is 7.96. The molecule has 0 spiro atoms. The average molecular weight is 393 g/mol. The van der Waals surface area contributed by atoms with Crippen LogP contribution in [0.3, 0.4) is 0 Å². The first kappa shape index (κ1) is 17.5. The Morgan fingerprint density at radius 1 is 1.30 bits per heavy atom. The zero-order valence-corrected chi connectivity index (χ0v) is 15.4. The molecule has 1 aromatic carbocycles. The summed E-state index contributed by atoms with van der Waals surface area (Å²) in [5.41, 5.74) is 2.00. The van der Waals surface area contributed by atoms with Crippen molar-refractivity contribution in [1.82, 2.24) is 29.3 Å². The van der Waals surface area contributed by atoms with Crippen LogP contribution in [0.4, 0.5) is 8.78 Å². The van der Waals surface area contributed by atoms with Gasteiger partial charge in [-0.15, -0.1) is 0 Å². The molecule has 0 aliphatic carbocycles. The Kier molecular flexibility index (Phi) is 3.92. The molecule has 3 heterocycles. The smallest absolute Gasteiger partial charge is 0.303 e. The van der Waals surface area contributed by atoms with Crippen molar-refractivity contribution in [3.63, 3.8) is 0 Å². The molecule has 140 valence electrons. The number of imidazole rings is 1. The summed E-state index contributed by atoms with van der Waals surface area (Å²) in [6, 6.07) is 3.54. The highest BCUT2D eigenvalue weighted by molar-refractivity contribution is 6.33. The summed E-state index contributed by atoms with van der Waals surface area (Å²) in [4.78, 5) is 8.09. The van der Waals surface area contributed by atoms with Gasteiger partial charge in [-0.05, 0) is 12.1 Å². The number of methoxy groups -OCH3 is 1. The molecule has 4 aromatic rings. The number of fused-ring (bicyclic) bond motifs is 1. The number of nitrogens with one attached hydrogen (secondary N) is 1. The lowest BCUT2D eigenvalue weighted by atomic mass is 10.2. The molecule has 10 heteroatoms. The molecule has 1 N–H and O–H groups in total. The molecule has 0 amide bonds. The first-order chi connectivity index (χ1) is 12.8. The molecule has 4 rings (SSSR count). The minimum atomic E-state index is -3.13. The van der Waals surface area contributed by atoms with Crippen LogP contribution in [0.5, 0.6) is 5.75 Å². The van der Waals surface area contributed by atoms with Gasteiger partial charge in [0.2, 0.25) is 0 Å². The highest BCUT2D eigenvalue weighted by atomic mass is 35.5. The normalized spacial score (nSPS) is 12.1. The third kappa shape index (κ3) is 2.74. The van der Waals surface area contributed by atoms with Crippen LogP contribution in [-0.2, 0) is 13.0 Å². The fourth-order valence-corrected chi connectivity index (χ4v) is 3.28. The van der Waals surface area contributed by atoms with Crippen LogP contribution in [0.2, 0.25) is 5.02 Å². The topological polar surface area (TPSA) is 73.6 Å². The van der Waals surface area contributed by atoms with Crippen molar-refractivity contribution >= 4 is 22.5 Å². The molecule has 0 atom stereocenters. The van der Waals surface area contributed by atoms with E-state index < -0.39 is 11.7 Å². The van der Waals surface area contributed by atoms with Gasteiger partial charge < -0.3 is 13.9 Å². The molecule has 7 nitrogen and oxygen atoms in total.